The van der Waals surface area contributed by atoms with E-state index in [1.165, 1.54) is 0 Å². The zero-order valence-corrected chi connectivity index (χ0v) is 5.63. The lowest BCUT2D eigenvalue weighted by molar-refractivity contribution is 0.326. The molecule has 1 aliphatic rings. The second-order valence-corrected chi connectivity index (χ2v) is 2.28. The molecule has 1 aliphatic heterocycles. The molecule has 3 heteroatoms. The molecular formula is C6H9N3. The highest BCUT2D eigenvalue weighted by atomic mass is 15.3. The van der Waals surface area contributed by atoms with Crippen LogP contribution in [0.2, 0.25) is 0 Å². The van der Waals surface area contributed by atoms with Crippen molar-refractivity contribution in [2.75, 3.05) is 0 Å². The molecule has 48 valence electrons. The molecule has 1 rings (SSSR count). The predicted molar refractivity (Wildman–Crippen MR) is 33.0 cm³/mol. The Morgan fingerprint density at radius 2 is 2.44 bits per heavy atom. The SMILES string of the molecule is CCC1(C#N)N=NC1C. The first-order chi connectivity index (χ1) is 4.25. The second kappa shape index (κ2) is 1.80. The number of hydrogen-bond acceptors (Lipinski definition) is 3. The van der Waals surface area contributed by atoms with E-state index < -0.39 is 5.54 Å². The van der Waals surface area contributed by atoms with Crippen LogP contribution >= 0.6 is 0 Å². The molecule has 0 spiro atoms. The van der Waals surface area contributed by atoms with Crippen LogP contribution in [0, 0.1) is 11.3 Å². The van der Waals surface area contributed by atoms with Crippen molar-refractivity contribution in [3.05, 3.63) is 0 Å². The Morgan fingerprint density at radius 1 is 1.78 bits per heavy atom. The number of hydrogen-bond donors (Lipinski definition) is 0. The topological polar surface area (TPSA) is 48.5 Å². The van der Waals surface area contributed by atoms with E-state index in [0.29, 0.717) is 0 Å². The van der Waals surface area contributed by atoms with Crippen LogP contribution in [0.25, 0.3) is 0 Å². The van der Waals surface area contributed by atoms with E-state index in [2.05, 4.69) is 16.3 Å². The van der Waals surface area contributed by atoms with Crippen molar-refractivity contribution in [2.45, 2.75) is 31.8 Å². The number of nitrogens with zero attached hydrogens (tertiary/aromatic N) is 3. The molecule has 0 aromatic carbocycles. The Kier molecular flexibility index (Phi) is 1.24. The van der Waals surface area contributed by atoms with Crippen LogP contribution in [-0.4, -0.2) is 11.6 Å². The molecule has 0 bridgehead atoms. The fourth-order valence-electron chi connectivity index (χ4n) is 0.874. The molecule has 0 fully saturated rings. The summed E-state index contributed by atoms with van der Waals surface area (Å²) in [7, 11) is 0. The van der Waals surface area contributed by atoms with Crippen LogP contribution in [-0.2, 0) is 0 Å². The molecule has 1 heterocycles. The van der Waals surface area contributed by atoms with Gasteiger partial charge in [0.15, 0.2) is 5.54 Å². The van der Waals surface area contributed by atoms with Gasteiger partial charge in [0, 0.05) is 0 Å². The van der Waals surface area contributed by atoms with E-state index in [9.17, 15) is 0 Å². The van der Waals surface area contributed by atoms with Crippen LogP contribution in [0.1, 0.15) is 20.3 Å². The maximum absolute atomic E-state index is 8.60. The van der Waals surface area contributed by atoms with Gasteiger partial charge in [-0.25, -0.2) is 0 Å². The van der Waals surface area contributed by atoms with Crippen LogP contribution in [0.4, 0.5) is 0 Å². The first kappa shape index (κ1) is 6.21. The van der Waals surface area contributed by atoms with Crippen molar-refractivity contribution >= 4 is 0 Å². The highest BCUT2D eigenvalue weighted by Gasteiger charge is 2.41. The van der Waals surface area contributed by atoms with E-state index in [4.69, 9.17) is 5.26 Å². The Labute approximate surface area is 54.4 Å². The maximum Gasteiger partial charge on any atom is 0.190 e. The Morgan fingerprint density at radius 3 is 2.44 bits per heavy atom. The van der Waals surface area contributed by atoms with Gasteiger partial charge in [-0.2, -0.15) is 15.5 Å². The molecule has 2 unspecified atom stereocenters. The summed E-state index contributed by atoms with van der Waals surface area (Å²) in [5, 5.41) is 16.2. The lowest BCUT2D eigenvalue weighted by atomic mass is 9.89. The quantitative estimate of drug-likeness (QED) is 0.521. The summed E-state index contributed by atoms with van der Waals surface area (Å²) in [4.78, 5) is 0. The van der Waals surface area contributed by atoms with Crippen LogP contribution in [0.15, 0.2) is 10.2 Å². The second-order valence-electron chi connectivity index (χ2n) is 2.28. The molecule has 2 atom stereocenters. The van der Waals surface area contributed by atoms with Crippen molar-refractivity contribution in [1.82, 2.24) is 0 Å². The molecule has 0 N–H and O–H groups in total. The van der Waals surface area contributed by atoms with Gasteiger partial charge in [-0.3, -0.25) is 0 Å². The molecule has 0 amide bonds. The summed E-state index contributed by atoms with van der Waals surface area (Å²) >= 11 is 0. The summed E-state index contributed by atoms with van der Waals surface area (Å²) in [5.41, 5.74) is -0.472. The Hall–Kier alpha value is -0.910. The minimum Gasteiger partial charge on any atom is -0.195 e. The lowest BCUT2D eigenvalue weighted by Gasteiger charge is -2.30. The zero-order valence-electron chi connectivity index (χ0n) is 5.63. The molecule has 9 heavy (non-hydrogen) atoms. The molecule has 3 nitrogen and oxygen atoms in total. The minimum atomic E-state index is -0.472. The highest BCUT2D eigenvalue weighted by Crippen LogP contribution is 2.30. The third-order valence-electron chi connectivity index (χ3n) is 1.83. The van der Waals surface area contributed by atoms with Gasteiger partial charge in [0.1, 0.15) is 6.04 Å². The third kappa shape index (κ3) is 0.629. The van der Waals surface area contributed by atoms with Gasteiger partial charge in [-0.05, 0) is 13.3 Å². The van der Waals surface area contributed by atoms with E-state index in [1.807, 2.05) is 13.8 Å². The summed E-state index contributed by atoms with van der Waals surface area (Å²) in [5.74, 6) is 0. The van der Waals surface area contributed by atoms with Crippen LogP contribution in [0.5, 0.6) is 0 Å². The molecular weight excluding hydrogens is 114 g/mol. The summed E-state index contributed by atoms with van der Waals surface area (Å²) in [6.45, 7) is 3.87. The molecule has 0 aromatic heterocycles. The molecule has 0 aromatic rings. The van der Waals surface area contributed by atoms with E-state index >= 15 is 0 Å². The number of nitriles is 1. The standard InChI is InChI=1S/C6H9N3/c1-3-6(4-7)5(2)8-9-6/h5H,3H2,1-2H3. The average molecular weight is 123 g/mol. The van der Waals surface area contributed by atoms with Crippen molar-refractivity contribution in [1.29, 1.82) is 5.26 Å². The van der Waals surface area contributed by atoms with E-state index in [0.717, 1.165) is 6.42 Å². The average Bonchev–Trinajstić information content (AvgIpc) is 1.89. The summed E-state index contributed by atoms with van der Waals surface area (Å²) in [6.07, 6.45) is 0.772. The predicted octanol–water partition coefficient (Wildman–Crippen LogP) is 1.51. The Bertz CT molecular complexity index is 179. The van der Waals surface area contributed by atoms with Crippen molar-refractivity contribution < 1.29 is 0 Å². The highest BCUT2D eigenvalue weighted by molar-refractivity contribution is 5.16. The molecule has 0 aliphatic carbocycles. The normalized spacial score (nSPS) is 39.4. The van der Waals surface area contributed by atoms with Crippen molar-refractivity contribution in [3.8, 4) is 6.07 Å². The third-order valence-corrected chi connectivity index (χ3v) is 1.83. The number of rotatable bonds is 1. The fourth-order valence-corrected chi connectivity index (χ4v) is 0.874. The summed E-state index contributed by atoms with van der Waals surface area (Å²) in [6, 6.07) is 2.26. The van der Waals surface area contributed by atoms with Crippen LogP contribution in [0.3, 0.4) is 0 Å². The molecule has 0 radical (unpaired) electrons. The summed E-state index contributed by atoms with van der Waals surface area (Å²) < 4.78 is 0. The smallest absolute Gasteiger partial charge is 0.190 e. The zero-order chi connectivity index (χ0) is 6.91. The minimum absolute atomic E-state index is 0.104. The fraction of sp³-hybridized carbons (Fsp3) is 0.833. The van der Waals surface area contributed by atoms with Gasteiger partial charge >= 0.3 is 0 Å². The van der Waals surface area contributed by atoms with Gasteiger partial charge in [0.2, 0.25) is 0 Å². The lowest BCUT2D eigenvalue weighted by Crippen LogP contribution is -2.41. The Balaban J connectivity index is 2.77. The first-order valence-electron chi connectivity index (χ1n) is 3.08. The monoisotopic (exact) mass is 123 g/mol. The largest absolute Gasteiger partial charge is 0.195 e. The van der Waals surface area contributed by atoms with E-state index in [-0.39, 0.29) is 6.04 Å². The number of azo groups is 1. The van der Waals surface area contributed by atoms with Crippen molar-refractivity contribution in [3.63, 3.8) is 0 Å². The van der Waals surface area contributed by atoms with Crippen molar-refractivity contribution in [2.24, 2.45) is 10.2 Å². The van der Waals surface area contributed by atoms with Crippen LogP contribution < -0.4 is 0 Å². The van der Waals surface area contributed by atoms with Gasteiger partial charge in [0.25, 0.3) is 0 Å². The van der Waals surface area contributed by atoms with Gasteiger partial charge in [-0.1, -0.05) is 6.92 Å². The first-order valence-corrected chi connectivity index (χ1v) is 3.08. The maximum atomic E-state index is 8.60. The van der Waals surface area contributed by atoms with E-state index in [1.54, 1.807) is 0 Å². The molecule has 0 saturated heterocycles. The van der Waals surface area contributed by atoms with Gasteiger partial charge < -0.3 is 0 Å². The molecule has 0 saturated carbocycles. The van der Waals surface area contributed by atoms with Gasteiger partial charge in [0.05, 0.1) is 6.07 Å². The van der Waals surface area contributed by atoms with Gasteiger partial charge in [-0.15, -0.1) is 0 Å².